The third-order valence-electron chi connectivity index (χ3n) is 2.75. The molecule has 1 radical (unpaired) electrons. The Hall–Kier alpha value is -0.460. The van der Waals surface area contributed by atoms with E-state index in [1.165, 1.54) is 0 Å². The number of halogens is 6. The molecule has 1 fully saturated rings. The fraction of sp³-hybridized carbons (Fsp3) is 0.889. The summed E-state index contributed by atoms with van der Waals surface area (Å²) in [5, 5.41) is 8.18. The van der Waals surface area contributed by atoms with Crippen LogP contribution in [0.25, 0.3) is 0 Å². The summed E-state index contributed by atoms with van der Waals surface area (Å²) in [6.45, 7) is 0. The van der Waals surface area contributed by atoms with Gasteiger partial charge in [0.15, 0.2) is 0 Å². The van der Waals surface area contributed by atoms with Crippen molar-refractivity contribution in [3.63, 3.8) is 0 Å². The molecule has 1 aliphatic rings. The van der Waals surface area contributed by atoms with E-state index in [1.807, 2.05) is 0 Å². The number of hydrogen-bond donors (Lipinski definition) is 1. The molecule has 1 N–H and O–H groups in total. The topological polar surface area (TPSA) is 20.2 Å². The number of aliphatic hydroxyl groups is 1. The van der Waals surface area contributed by atoms with Crippen LogP contribution in [0.1, 0.15) is 32.1 Å². The third-order valence-corrected chi connectivity index (χ3v) is 2.75. The first-order valence-electron chi connectivity index (χ1n) is 4.81. The molecule has 1 rings (SSSR count). The molecule has 0 spiro atoms. The van der Waals surface area contributed by atoms with Gasteiger partial charge < -0.3 is 5.11 Å². The van der Waals surface area contributed by atoms with Crippen LogP contribution in [0.2, 0.25) is 0 Å². The lowest BCUT2D eigenvalue weighted by Crippen LogP contribution is -2.59. The van der Waals surface area contributed by atoms with E-state index in [2.05, 4.69) is 0 Å². The highest BCUT2D eigenvalue weighted by atomic mass is 19.4. The van der Waals surface area contributed by atoms with Crippen molar-refractivity contribution in [1.82, 2.24) is 0 Å². The summed E-state index contributed by atoms with van der Waals surface area (Å²) >= 11 is 0. The van der Waals surface area contributed by atoms with Gasteiger partial charge in [0, 0.05) is 5.92 Å². The van der Waals surface area contributed by atoms with Gasteiger partial charge in [0.1, 0.15) is 0 Å². The van der Waals surface area contributed by atoms with E-state index in [9.17, 15) is 26.3 Å². The molecular formula is C9H11F6O. The number of rotatable bonds is 2. The molecule has 95 valence electrons. The lowest BCUT2D eigenvalue weighted by molar-refractivity contribution is -0.363. The molecule has 1 saturated carbocycles. The molecule has 0 heterocycles. The maximum Gasteiger partial charge on any atom is 0.431 e. The third kappa shape index (κ3) is 2.14. The van der Waals surface area contributed by atoms with Gasteiger partial charge in [-0.3, -0.25) is 0 Å². The molecule has 7 heteroatoms. The van der Waals surface area contributed by atoms with Crippen LogP contribution in [0.5, 0.6) is 0 Å². The first kappa shape index (κ1) is 13.6. The van der Waals surface area contributed by atoms with Crippen molar-refractivity contribution in [1.29, 1.82) is 0 Å². The van der Waals surface area contributed by atoms with Gasteiger partial charge >= 0.3 is 18.0 Å². The molecule has 0 amide bonds. The summed E-state index contributed by atoms with van der Waals surface area (Å²) in [6, 6.07) is 0. The summed E-state index contributed by atoms with van der Waals surface area (Å²) < 4.78 is 75.6. The van der Waals surface area contributed by atoms with Crippen molar-refractivity contribution in [2.24, 2.45) is 0 Å². The number of hydrogen-bond acceptors (Lipinski definition) is 1. The maximum atomic E-state index is 13.5. The SMILES string of the molecule is OC(F)(F)C(F)([C]1CCCCC1)C(F)(F)F. The molecule has 0 saturated heterocycles. The predicted octanol–water partition coefficient (Wildman–Crippen LogP) is 3.38. The van der Waals surface area contributed by atoms with Crippen molar-refractivity contribution in [2.75, 3.05) is 0 Å². The summed E-state index contributed by atoms with van der Waals surface area (Å²) in [5.74, 6) is -0.959. The fourth-order valence-corrected chi connectivity index (χ4v) is 1.91. The van der Waals surface area contributed by atoms with Gasteiger partial charge in [0.25, 0.3) is 0 Å². The average molecular weight is 249 g/mol. The molecule has 0 aromatic carbocycles. The summed E-state index contributed by atoms with van der Waals surface area (Å²) in [7, 11) is 0. The van der Waals surface area contributed by atoms with Crippen molar-refractivity contribution in [3.05, 3.63) is 5.92 Å². The van der Waals surface area contributed by atoms with Crippen LogP contribution in [0.3, 0.4) is 0 Å². The zero-order chi connectivity index (χ0) is 12.6. The molecule has 0 aromatic heterocycles. The van der Waals surface area contributed by atoms with Crippen LogP contribution in [0, 0.1) is 5.92 Å². The highest BCUT2D eigenvalue weighted by Gasteiger charge is 2.74. The van der Waals surface area contributed by atoms with E-state index in [4.69, 9.17) is 5.11 Å². The standard InChI is InChI=1S/C9H11F6O/c10-7(8(11,12)13,9(14,15)16)6-4-2-1-3-5-6/h16H,1-5H2. The van der Waals surface area contributed by atoms with E-state index in [1.54, 1.807) is 0 Å². The van der Waals surface area contributed by atoms with Crippen LogP contribution in [0.15, 0.2) is 0 Å². The Bertz CT molecular complexity index is 223. The van der Waals surface area contributed by atoms with Crippen LogP contribution in [0.4, 0.5) is 26.3 Å². The van der Waals surface area contributed by atoms with E-state index >= 15 is 0 Å². The first-order chi connectivity index (χ1) is 7.11. The van der Waals surface area contributed by atoms with E-state index in [0.29, 0.717) is 6.42 Å². The highest BCUT2D eigenvalue weighted by Crippen LogP contribution is 2.53. The van der Waals surface area contributed by atoms with Gasteiger partial charge in [-0.2, -0.15) is 22.0 Å². The number of alkyl halides is 6. The Labute approximate surface area is 88.4 Å². The summed E-state index contributed by atoms with van der Waals surface area (Å²) in [6.07, 6.45) is -10.9. The van der Waals surface area contributed by atoms with E-state index in [0.717, 1.165) is 0 Å². The average Bonchev–Trinajstić information content (AvgIpc) is 2.14. The summed E-state index contributed by atoms with van der Waals surface area (Å²) in [5.41, 5.74) is -4.92. The molecule has 0 bridgehead atoms. The predicted molar refractivity (Wildman–Crippen MR) is 43.4 cm³/mol. The quantitative estimate of drug-likeness (QED) is 0.744. The Kier molecular flexibility index (Phi) is 3.47. The van der Waals surface area contributed by atoms with Crippen LogP contribution < -0.4 is 0 Å². The highest BCUT2D eigenvalue weighted by molar-refractivity contribution is 5.17. The minimum atomic E-state index is -5.81. The normalized spacial score (nSPS) is 24.2. The molecule has 1 nitrogen and oxygen atoms in total. The maximum absolute atomic E-state index is 13.5. The lowest BCUT2D eigenvalue weighted by Gasteiger charge is -2.38. The molecular weight excluding hydrogens is 238 g/mol. The van der Waals surface area contributed by atoms with Crippen molar-refractivity contribution in [2.45, 2.75) is 50.1 Å². The molecule has 0 aliphatic heterocycles. The Morgan fingerprint density at radius 2 is 1.25 bits per heavy atom. The van der Waals surface area contributed by atoms with Gasteiger partial charge in [-0.15, -0.1) is 0 Å². The van der Waals surface area contributed by atoms with Crippen molar-refractivity contribution in [3.8, 4) is 0 Å². The Morgan fingerprint density at radius 3 is 1.56 bits per heavy atom. The van der Waals surface area contributed by atoms with Gasteiger partial charge in [-0.05, 0) is 12.8 Å². The minimum absolute atomic E-state index is 0.229. The zero-order valence-corrected chi connectivity index (χ0v) is 8.25. The van der Waals surface area contributed by atoms with Gasteiger partial charge in [-0.25, -0.2) is 4.39 Å². The smallest absolute Gasteiger partial charge is 0.333 e. The Morgan fingerprint density at radius 1 is 0.812 bits per heavy atom. The fourth-order valence-electron chi connectivity index (χ4n) is 1.91. The van der Waals surface area contributed by atoms with Crippen molar-refractivity contribution < 1.29 is 31.4 Å². The second kappa shape index (κ2) is 4.09. The first-order valence-corrected chi connectivity index (χ1v) is 4.81. The lowest BCUT2D eigenvalue weighted by atomic mass is 9.77. The molecule has 1 atom stereocenters. The summed E-state index contributed by atoms with van der Waals surface area (Å²) in [4.78, 5) is 0. The molecule has 1 unspecified atom stereocenters. The second-order valence-corrected chi connectivity index (χ2v) is 3.86. The zero-order valence-electron chi connectivity index (χ0n) is 8.25. The van der Waals surface area contributed by atoms with Gasteiger partial charge in [0.2, 0.25) is 0 Å². The van der Waals surface area contributed by atoms with Crippen LogP contribution in [-0.2, 0) is 0 Å². The van der Waals surface area contributed by atoms with Crippen LogP contribution in [-0.4, -0.2) is 23.1 Å². The minimum Gasteiger partial charge on any atom is -0.333 e. The molecule has 0 aromatic rings. The van der Waals surface area contributed by atoms with Gasteiger partial charge in [-0.1, -0.05) is 19.3 Å². The van der Waals surface area contributed by atoms with Crippen molar-refractivity contribution >= 4 is 0 Å². The van der Waals surface area contributed by atoms with E-state index in [-0.39, 0.29) is 25.7 Å². The molecule has 16 heavy (non-hydrogen) atoms. The largest absolute Gasteiger partial charge is 0.431 e. The van der Waals surface area contributed by atoms with Crippen LogP contribution >= 0.6 is 0 Å². The van der Waals surface area contributed by atoms with E-state index < -0.39 is 23.9 Å². The monoisotopic (exact) mass is 249 g/mol. The molecule has 1 aliphatic carbocycles. The second-order valence-electron chi connectivity index (χ2n) is 3.86. The van der Waals surface area contributed by atoms with Gasteiger partial charge in [0.05, 0.1) is 0 Å². The Balaban J connectivity index is 3.04.